The first kappa shape index (κ1) is 18.2. The minimum atomic E-state index is -0.434. The highest BCUT2D eigenvalue weighted by atomic mass is 32.2. The van der Waals surface area contributed by atoms with Crippen molar-refractivity contribution in [2.75, 3.05) is 0 Å². The standard InChI is InChI=1S/C21H15N3O2S/c22-14-16-10-4-6-12-18(16)27-19-13-7-5-11-17(19)21(26)24-23-20(25)15-8-2-1-3-9-15/h1-13H,(H,23,25)(H,24,26). The molecule has 0 aromatic heterocycles. The van der Waals surface area contributed by atoms with Gasteiger partial charge < -0.3 is 0 Å². The van der Waals surface area contributed by atoms with E-state index >= 15 is 0 Å². The SMILES string of the molecule is N#Cc1ccccc1Sc1ccccc1C(=O)NNC(=O)c1ccccc1. The predicted molar refractivity (Wildman–Crippen MR) is 103 cm³/mol. The normalized spacial score (nSPS) is 9.89. The topological polar surface area (TPSA) is 82.0 Å². The summed E-state index contributed by atoms with van der Waals surface area (Å²) in [4.78, 5) is 26.1. The van der Waals surface area contributed by atoms with Gasteiger partial charge in [-0.15, -0.1) is 0 Å². The van der Waals surface area contributed by atoms with Crippen LogP contribution in [0.1, 0.15) is 26.3 Å². The van der Waals surface area contributed by atoms with E-state index in [0.29, 0.717) is 21.6 Å². The number of nitriles is 1. The van der Waals surface area contributed by atoms with Gasteiger partial charge in [-0.2, -0.15) is 5.26 Å². The Kier molecular flexibility index (Phi) is 5.87. The molecule has 3 aromatic carbocycles. The maximum Gasteiger partial charge on any atom is 0.270 e. The maximum atomic E-state index is 12.5. The summed E-state index contributed by atoms with van der Waals surface area (Å²) in [7, 11) is 0. The number of hydrogen-bond acceptors (Lipinski definition) is 4. The zero-order chi connectivity index (χ0) is 19.1. The van der Waals surface area contributed by atoms with E-state index in [1.165, 1.54) is 11.8 Å². The van der Waals surface area contributed by atoms with Crippen molar-refractivity contribution >= 4 is 23.6 Å². The molecule has 0 heterocycles. The summed E-state index contributed by atoms with van der Waals surface area (Å²) in [5, 5.41) is 9.24. The smallest absolute Gasteiger partial charge is 0.267 e. The molecule has 3 rings (SSSR count). The third-order valence-corrected chi connectivity index (χ3v) is 4.84. The molecule has 0 unspecified atom stereocenters. The third-order valence-electron chi connectivity index (χ3n) is 3.68. The lowest BCUT2D eigenvalue weighted by molar-refractivity contribution is 0.0845. The van der Waals surface area contributed by atoms with Crippen molar-refractivity contribution in [2.24, 2.45) is 0 Å². The first-order valence-electron chi connectivity index (χ1n) is 8.11. The van der Waals surface area contributed by atoms with Gasteiger partial charge in [-0.1, -0.05) is 54.2 Å². The molecule has 3 aromatic rings. The Labute approximate surface area is 161 Å². The zero-order valence-electron chi connectivity index (χ0n) is 14.2. The molecule has 6 heteroatoms. The second-order valence-electron chi connectivity index (χ2n) is 5.48. The quantitative estimate of drug-likeness (QED) is 0.682. The molecule has 0 saturated carbocycles. The third kappa shape index (κ3) is 4.54. The number of benzene rings is 3. The van der Waals surface area contributed by atoms with Gasteiger partial charge in [0.25, 0.3) is 11.8 Å². The Morgan fingerprint density at radius 3 is 2.07 bits per heavy atom. The monoisotopic (exact) mass is 373 g/mol. The summed E-state index contributed by atoms with van der Waals surface area (Å²) < 4.78 is 0. The highest BCUT2D eigenvalue weighted by Crippen LogP contribution is 2.32. The fraction of sp³-hybridized carbons (Fsp3) is 0. The number of amides is 2. The van der Waals surface area contributed by atoms with Crippen molar-refractivity contribution in [3.05, 3.63) is 95.6 Å². The van der Waals surface area contributed by atoms with E-state index in [1.807, 2.05) is 24.3 Å². The van der Waals surface area contributed by atoms with Crippen LogP contribution >= 0.6 is 11.8 Å². The largest absolute Gasteiger partial charge is 0.270 e. The highest BCUT2D eigenvalue weighted by Gasteiger charge is 2.14. The van der Waals surface area contributed by atoms with Crippen LogP contribution in [0.3, 0.4) is 0 Å². The van der Waals surface area contributed by atoms with E-state index in [1.54, 1.807) is 54.6 Å². The Morgan fingerprint density at radius 2 is 1.33 bits per heavy atom. The van der Waals surface area contributed by atoms with Crippen molar-refractivity contribution in [2.45, 2.75) is 9.79 Å². The molecule has 0 atom stereocenters. The fourth-order valence-electron chi connectivity index (χ4n) is 2.35. The van der Waals surface area contributed by atoms with Gasteiger partial charge in [0.1, 0.15) is 6.07 Å². The minimum Gasteiger partial charge on any atom is -0.267 e. The van der Waals surface area contributed by atoms with E-state index < -0.39 is 11.8 Å². The van der Waals surface area contributed by atoms with Gasteiger partial charge in [-0.25, -0.2) is 0 Å². The number of nitrogens with one attached hydrogen (secondary N) is 2. The maximum absolute atomic E-state index is 12.5. The number of hydrazine groups is 1. The first-order valence-corrected chi connectivity index (χ1v) is 8.92. The number of rotatable bonds is 4. The molecule has 0 fully saturated rings. The average molecular weight is 373 g/mol. The molecule has 0 spiro atoms. The number of carbonyl (C=O) groups excluding carboxylic acids is 2. The molecule has 27 heavy (non-hydrogen) atoms. The van der Waals surface area contributed by atoms with E-state index in [4.69, 9.17) is 0 Å². The molecule has 2 N–H and O–H groups in total. The summed E-state index contributed by atoms with van der Waals surface area (Å²) >= 11 is 1.33. The molecule has 0 radical (unpaired) electrons. The lowest BCUT2D eigenvalue weighted by Gasteiger charge is -2.11. The second kappa shape index (κ2) is 8.70. The minimum absolute atomic E-state index is 0.399. The van der Waals surface area contributed by atoms with Crippen LogP contribution in [0.5, 0.6) is 0 Å². The van der Waals surface area contributed by atoms with E-state index in [0.717, 1.165) is 4.90 Å². The van der Waals surface area contributed by atoms with Crippen molar-refractivity contribution in [3.8, 4) is 6.07 Å². The van der Waals surface area contributed by atoms with Crippen LogP contribution in [0.2, 0.25) is 0 Å². The summed E-state index contributed by atoms with van der Waals surface area (Å²) in [6.07, 6.45) is 0. The van der Waals surface area contributed by atoms with E-state index in [-0.39, 0.29) is 0 Å². The molecule has 5 nitrogen and oxygen atoms in total. The first-order chi connectivity index (χ1) is 13.2. The Balaban J connectivity index is 1.74. The molecule has 132 valence electrons. The molecular weight excluding hydrogens is 358 g/mol. The van der Waals surface area contributed by atoms with Gasteiger partial charge in [-0.3, -0.25) is 20.4 Å². The van der Waals surface area contributed by atoms with Crippen molar-refractivity contribution in [3.63, 3.8) is 0 Å². The summed E-state index contributed by atoms with van der Waals surface area (Å²) in [5.74, 6) is -0.833. The Bertz CT molecular complexity index is 1010. The predicted octanol–water partition coefficient (Wildman–Crippen LogP) is 3.78. The van der Waals surface area contributed by atoms with Gasteiger partial charge in [0.15, 0.2) is 0 Å². The van der Waals surface area contributed by atoms with E-state index in [2.05, 4.69) is 16.9 Å². The summed E-state index contributed by atoms with van der Waals surface area (Å²) in [5.41, 5.74) is 6.24. The van der Waals surface area contributed by atoms with Gasteiger partial charge in [0, 0.05) is 15.4 Å². The summed E-state index contributed by atoms with van der Waals surface area (Å²) in [6, 6.07) is 25.0. The molecule has 0 aliphatic heterocycles. The van der Waals surface area contributed by atoms with Crippen LogP contribution in [0.4, 0.5) is 0 Å². The van der Waals surface area contributed by atoms with Crippen LogP contribution in [0.15, 0.2) is 88.7 Å². The molecule has 0 bridgehead atoms. The van der Waals surface area contributed by atoms with E-state index in [9.17, 15) is 14.9 Å². The lowest BCUT2D eigenvalue weighted by atomic mass is 10.2. The van der Waals surface area contributed by atoms with Crippen LogP contribution in [-0.2, 0) is 0 Å². The van der Waals surface area contributed by atoms with Crippen molar-refractivity contribution < 1.29 is 9.59 Å². The van der Waals surface area contributed by atoms with Gasteiger partial charge in [0.2, 0.25) is 0 Å². The highest BCUT2D eigenvalue weighted by molar-refractivity contribution is 7.99. The lowest BCUT2D eigenvalue weighted by Crippen LogP contribution is -2.41. The van der Waals surface area contributed by atoms with Gasteiger partial charge in [0.05, 0.1) is 11.1 Å². The Hall–Kier alpha value is -3.56. The zero-order valence-corrected chi connectivity index (χ0v) is 15.0. The average Bonchev–Trinajstić information content (AvgIpc) is 2.73. The second-order valence-corrected chi connectivity index (χ2v) is 6.56. The number of hydrogen-bond donors (Lipinski definition) is 2. The number of carbonyl (C=O) groups is 2. The van der Waals surface area contributed by atoms with Crippen molar-refractivity contribution in [1.29, 1.82) is 5.26 Å². The van der Waals surface area contributed by atoms with Gasteiger partial charge >= 0.3 is 0 Å². The molecule has 0 aliphatic carbocycles. The number of nitrogens with zero attached hydrogens (tertiary/aromatic N) is 1. The Morgan fingerprint density at radius 1 is 0.741 bits per heavy atom. The van der Waals surface area contributed by atoms with Crippen molar-refractivity contribution in [1.82, 2.24) is 10.9 Å². The van der Waals surface area contributed by atoms with Crippen LogP contribution in [-0.4, -0.2) is 11.8 Å². The van der Waals surface area contributed by atoms with Crippen LogP contribution in [0.25, 0.3) is 0 Å². The summed E-state index contributed by atoms with van der Waals surface area (Å²) in [6.45, 7) is 0. The molecular formula is C21H15N3O2S. The van der Waals surface area contributed by atoms with Crippen LogP contribution in [0, 0.1) is 11.3 Å². The van der Waals surface area contributed by atoms with Gasteiger partial charge in [-0.05, 0) is 36.4 Å². The molecule has 0 saturated heterocycles. The fourth-order valence-corrected chi connectivity index (χ4v) is 3.38. The van der Waals surface area contributed by atoms with Crippen LogP contribution < -0.4 is 10.9 Å². The molecule has 0 aliphatic rings. The molecule has 2 amide bonds.